The van der Waals surface area contributed by atoms with Gasteiger partial charge >= 0.3 is 0 Å². The third kappa shape index (κ3) is 3.77. The molecule has 5 rings (SSSR count). The summed E-state index contributed by atoms with van der Waals surface area (Å²) in [6, 6.07) is 13.0. The van der Waals surface area contributed by atoms with Crippen molar-refractivity contribution in [2.75, 3.05) is 26.2 Å². The second-order valence-corrected chi connectivity index (χ2v) is 9.45. The van der Waals surface area contributed by atoms with Gasteiger partial charge < -0.3 is 24.1 Å². The van der Waals surface area contributed by atoms with Crippen LogP contribution in [-0.4, -0.2) is 49.3 Å². The number of methoxy groups -OCH3 is 3. The highest BCUT2D eigenvalue weighted by atomic mass is 16.5. The molecule has 1 aromatic heterocycles. The van der Waals surface area contributed by atoms with Crippen LogP contribution in [0.5, 0.6) is 17.2 Å². The SMILES string of the molecule is COc1ccc(N2C(=O)c3cc4ccc(OC)cc4n3CC2(C)C(=O)NC2CCCC2)c(OC)c1. The monoisotopic (exact) mass is 477 g/mol. The quantitative estimate of drug-likeness (QED) is 0.577. The number of nitrogens with one attached hydrogen (secondary N) is 1. The van der Waals surface area contributed by atoms with Crippen LogP contribution in [0, 0.1) is 0 Å². The zero-order valence-electron chi connectivity index (χ0n) is 20.6. The van der Waals surface area contributed by atoms with Gasteiger partial charge in [-0.25, -0.2) is 0 Å². The molecule has 35 heavy (non-hydrogen) atoms. The number of hydrogen-bond acceptors (Lipinski definition) is 5. The molecular formula is C27H31N3O5. The van der Waals surface area contributed by atoms with Crippen molar-refractivity contribution in [3.05, 3.63) is 48.2 Å². The van der Waals surface area contributed by atoms with Crippen LogP contribution in [0.15, 0.2) is 42.5 Å². The molecule has 0 saturated heterocycles. The lowest BCUT2D eigenvalue weighted by molar-refractivity contribution is -0.127. The van der Waals surface area contributed by atoms with Crippen molar-refractivity contribution in [2.24, 2.45) is 0 Å². The molecule has 0 spiro atoms. The van der Waals surface area contributed by atoms with E-state index in [2.05, 4.69) is 5.32 Å². The molecule has 3 aromatic rings. The summed E-state index contributed by atoms with van der Waals surface area (Å²) in [7, 11) is 4.74. The number of rotatable bonds is 6. The second-order valence-electron chi connectivity index (χ2n) is 9.45. The molecule has 2 aromatic carbocycles. The topological polar surface area (TPSA) is 82.0 Å². The minimum absolute atomic E-state index is 0.122. The summed E-state index contributed by atoms with van der Waals surface area (Å²) in [5, 5.41) is 4.14. The Labute approximate surface area is 204 Å². The van der Waals surface area contributed by atoms with E-state index in [1.54, 1.807) is 44.4 Å². The molecule has 0 bridgehead atoms. The average molecular weight is 478 g/mol. The van der Waals surface area contributed by atoms with Crippen LogP contribution >= 0.6 is 0 Å². The van der Waals surface area contributed by atoms with Gasteiger partial charge in [-0.15, -0.1) is 0 Å². The van der Waals surface area contributed by atoms with Crippen LogP contribution in [0.3, 0.4) is 0 Å². The Morgan fingerprint density at radius 2 is 1.66 bits per heavy atom. The molecule has 8 nitrogen and oxygen atoms in total. The van der Waals surface area contributed by atoms with Crippen molar-refractivity contribution in [3.8, 4) is 17.2 Å². The fourth-order valence-corrected chi connectivity index (χ4v) is 5.36. The van der Waals surface area contributed by atoms with Gasteiger partial charge in [0.05, 0.1) is 39.1 Å². The van der Waals surface area contributed by atoms with Crippen LogP contribution in [0.4, 0.5) is 5.69 Å². The molecule has 2 aliphatic rings. The number of hydrogen-bond donors (Lipinski definition) is 1. The first-order chi connectivity index (χ1) is 16.9. The maximum atomic E-state index is 14.1. The number of aromatic nitrogens is 1. The summed E-state index contributed by atoms with van der Waals surface area (Å²) in [6.45, 7) is 2.12. The van der Waals surface area contributed by atoms with E-state index in [4.69, 9.17) is 14.2 Å². The van der Waals surface area contributed by atoms with E-state index in [0.717, 1.165) is 36.6 Å². The van der Waals surface area contributed by atoms with Crippen molar-refractivity contribution < 1.29 is 23.8 Å². The molecule has 8 heteroatoms. The molecule has 184 valence electrons. The number of fused-ring (bicyclic) bond motifs is 3. The normalized spacial score (nSPS) is 20.1. The number of ether oxygens (including phenoxy) is 3. The zero-order chi connectivity index (χ0) is 24.7. The van der Waals surface area contributed by atoms with Crippen LogP contribution in [-0.2, 0) is 11.3 Å². The van der Waals surface area contributed by atoms with Gasteiger partial charge in [0.15, 0.2) is 0 Å². The van der Waals surface area contributed by atoms with E-state index in [1.165, 1.54) is 0 Å². The van der Waals surface area contributed by atoms with Crippen molar-refractivity contribution in [3.63, 3.8) is 0 Å². The van der Waals surface area contributed by atoms with E-state index < -0.39 is 5.54 Å². The highest BCUT2D eigenvalue weighted by Crippen LogP contribution is 2.42. The number of benzene rings is 2. The van der Waals surface area contributed by atoms with Crippen LogP contribution in [0.2, 0.25) is 0 Å². The van der Waals surface area contributed by atoms with Crippen molar-refractivity contribution in [1.29, 1.82) is 0 Å². The van der Waals surface area contributed by atoms with E-state index in [9.17, 15) is 9.59 Å². The first kappa shape index (κ1) is 23.1. The molecule has 1 saturated carbocycles. The number of carbonyl (C=O) groups is 2. The molecule has 2 heterocycles. The summed E-state index contributed by atoms with van der Waals surface area (Å²) in [4.78, 5) is 29.6. The van der Waals surface area contributed by atoms with E-state index in [0.29, 0.717) is 35.2 Å². The molecule has 2 amide bonds. The molecular weight excluding hydrogens is 446 g/mol. The average Bonchev–Trinajstić information content (AvgIpc) is 3.51. The van der Waals surface area contributed by atoms with Gasteiger partial charge in [-0.05, 0) is 50.1 Å². The Hall–Kier alpha value is -3.68. The lowest BCUT2D eigenvalue weighted by Gasteiger charge is -2.44. The summed E-state index contributed by atoms with van der Waals surface area (Å²) >= 11 is 0. The van der Waals surface area contributed by atoms with Crippen molar-refractivity contribution in [2.45, 2.75) is 50.7 Å². The molecule has 1 N–H and O–H groups in total. The standard InChI is InChI=1S/C27H31N3O5/c1-27(26(32)28-18-7-5-6-8-18)16-29-22-14-19(33-2)10-9-17(22)13-23(29)25(31)30(27)21-12-11-20(34-3)15-24(21)35-4/h9-15,18H,5-8,16H2,1-4H3,(H,28,32). The largest absolute Gasteiger partial charge is 0.497 e. The minimum atomic E-state index is -1.19. The fraction of sp³-hybridized carbons (Fsp3) is 0.407. The molecule has 1 fully saturated rings. The number of carbonyl (C=O) groups excluding carboxylic acids is 2. The summed E-state index contributed by atoms with van der Waals surface area (Å²) < 4.78 is 18.4. The van der Waals surface area contributed by atoms with Gasteiger partial charge in [0.1, 0.15) is 28.5 Å². The van der Waals surface area contributed by atoms with Crippen LogP contribution < -0.4 is 24.4 Å². The van der Waals surface area contributed by atoms with E-state index in [-0.39, 0.29) is 17.9 Å². The molecule has 1 atom stereocenters. The molecule has 1 aliphatic heterocycles. The summed E-state index contributed by atoms with van der Waals surface area (Å²) in [5.74, 6) is 1.32. The minimum Gasteiger partial charge on any atom is -0.497 e. The number of amides is 2. The van der Waals surface area contributed by atoms with E-state index in [1.807, 2.05) is 35.8 Å². The highest BCUT2D eigenvalue weighted by Gasteiger charge is 2.50. The molecule has 1 aliphatic carbocycles. The van der Waals surface area contributed by atoms with Crippen molar-refractivity contribution in [1.82, 2.24) is 9.88 Å². The lowest BCUT2D eigenvalue weighted by atomic mass is 9.93. The van der Waals surface area contributed by atoms with Gasteiger partial charge in [-0.1, -0.05) is 12.8 Å². The Morgan fingerprint density at radius 1 is 0.971 bits per heavy atom. The van der Waals surface area contributed by atoms with E-state index >= 15 is 0 Å². The smallest absolute Gasteiger partial charge is 0.276 e. The van der Waals surface area contributed by atoms with Crippen LogP contribution in [0.1, 0.15) is 43.1 Å². The highest BCUT2D eigenvalue weighted by molar-refractivity contribution is 6.14. The first-order valence-electron chi connectivity index (χ1n) is 11.9. The Morgan fingerprint density at radius 3 is 2.34 bits per heavy atom. The number of anilines is 1. The fourth-order valence-electron chi connectivity index (χ4n) is 5.36. The second kappa shape index (κ2) is 8.83. The third-order valence-electron chi connectivity index (χ3n) is 7.30. The predicted octanol–water partition coefficient (Wildman–Crippen LogP) is 4.15. The maximum absolute atomic E-state index is 14.1. The third-order valence-corrected chi connectivity index (χ3v) is 7.30. The Bertz CT molecular complexity index is 1290. The maximum Gasteiger partial charge on any atom is 0.276 e. The molecule has 0 radical (unpaired) electrons. The zero-order valence-corrected chi connectivity index (χ0v) is 20.6. The number of nitrogens with zero attached hydrogens (tertiary/aromatic N) is 2. The first-order valence-corrected chi connectivity index (χ1v) is 11.9. The van der Waals surface area contributed by atoms with Crippen LogP contribution in [0.25, 0.3) is 10.9 Å². The lowest BCUT2D eigenvalue weighted by Crippen LogP contribution is -2.65. The van der Waals surface area contributed by atoms with Gasteiger partial charge in [0.2, 0.25) is 5.91 Å². The Balaban J connectivity index is 1.67. The van der Waals surface area contributed by atoms with Crippen molar-refractivity contribution >= 4 is 28.4 Å². The Kier molecular flexibility index (Phi) is 5.83. The summed E-state index contributed by atoms with van der Waals surface area (Å²) in [5.41, 5.74) is 0.700. The van der Waals surface area contributed by atoms with Gasteiger partial charge in [-0.2, -0.15) is 0 Å². The summed E-state index contributed by atoms with van der Waals surface area (Å²) in [6.07, 6.45) is 4.11. The predicted molar refractivity (Wildman–Crippen MR) is 134 cm³/mol. The van der Waals surface area contributed by atoms with Gasteiger partial charge in [0.25, 0.3) is 5.91 Å². The molecule has 1 unspecified atom stereocenters. The van der Waals surface area contributed by atoms with Gasteiger partial charge in [0, 0.05) is 23.6 Å². The van der Waals surface area contributed by atoms with Gasteiger partial charge in [-0.3, -0.25) is 14.5 Å².